The Hall–Kier alpha value is -2.65. The van der Waals surface area contributed by atoms with E-state index in [0.29, 0.717) is 5.69 Å². The molecule has 1 N–H and O–H groups in total. The van der Waals surface area contributed by atoms with Crippen molar-refractivity contribution in [3.05, 3.63) is 51.9 Å². The number of nitrogens with one attached hydrogen (secondary N) is 1. The van der Waals surface area contributed by atoms with E-state index in [-0.39, 0.29) is 32.9 Å². The molecule has 0 fully saturated rings. The van der Waals surface area contributed by atoms with E-state index in [0.717, 1.165) is 12.1 Å². The van der Waals surface area contributed by atoms with Crippen LogP contribution < -0.4 is 5.32 Å². The van der Waals surface area contributed by atoms with Crippen molar-refractivity contribution in [3.8, 4) is 0 Å². The number of pyridine rings is 1. The minimum absolute atomic E-state index is 0.0670. The van der Waals surface area contributed by atoms with E-state index in [1.807, 2.05) is 0 Å². The Morgan fingerprint density at radius 1 is 1.07 bits per heavy atom. The quantitative estimate of drug-likeness (QED) is 0.484. The Balaban J connectivity index is 2.07. The minimum atomic E-state index is -4.45. The second-order valence-electron chi connectivity index (χ2n) is 5.22. The molecule has 0 amide bonds. The van der Waals surface area contributed by atoms with Crippen LogP contribution in [0.5, 0.6) is 0 Å². The van der Waals surface area contributed by atoms with Crippen LogP contribution in [0.25, 0.3) is 11.0 Å². The lowest BCUT2D eigenvalue weighted by Crippen LogP contribution is -2.07. The highest BCUT2D eigenvalue weighted by Gasteiger charge is 2.30. The summed E-state index contributed by atoms with van der Waals surface area (Å²) in [5.74, 6) is -0.661. The van der Waals surface area contributed by atoms with Crippen molar-refractivity contribution in [3.63, 3.8) is 0 Å². The summed E-state index contributed by atoms with van der Waals surface area (Å²) in [7, 11) is 1.18. The maximum absolute atomic E-state index is 12.7. The second-order valence-corrected chi connectivity index (χ2v) is 5.96. The number of fused-ring (bicyclic) bond motifs is 1. The van der Waals surface area contributed by atoms with E-state index < -0.39 is 17.7 Å². The molecule has 3 rings (SSSR count). The number of rotatable bonds is 3. The standard InChI is InChI=1S/C16H9Cl2F3N4O2/c1-27-14(26)10-6-9(17)11-12(23-10)13(25-15(18)24-11)22-8-4-2-7(3-5-8)16(19,20)21/h2-6H,1H3,(H,22,24,25). The van der Waals surface area contributed by atoms with Gasteiger partial charge in [0.2, 0.25) is 5.28 Å². The van der Waals surface area contributed by atoms with Gasteiger partial charge >= 0.3 is 12.1 Å². The fourth-order valence-electron chi connectivity index (χ4n) is 2.22. The van der Waals surface area contributed by atoms with Gasteiger partial charge in [0.25, 0.3) is 0 Å². The summed E-state index contributed by atoms with van der Waals surface area (Å²) in [4.78, 5) is 23.8. The molecule has 6 nitrogen and oxygen atoms in total. The highest BCUT2D eigenvalue weighted by Crippen LogP contribution is 2.32. The average molecular weight is 417 g/mol. The molecule has 0 saturated heterocycles. The zero-order valence-electron chi connectivity index (χ0n) is 13.4. The van der Waals surface area contributed by atoms with Crippen LogP contribution in [0, 0.1) is 0 Å². The first kappa shape index (κ1) is 19.1. The first-order valence-electron chi connectivity index (χ1n) is 7.25. The first-order chi connectivity index (χ1) is 12.7. The molecule has 0 atom stereocenters. The number of aromatic nitrogens is 3. The van der Waals surface area contributed by atoms with E-state index in [1.54, 1.807) is 0 Å². The third-order valence-corrected chi connectivity index (χ3v) is 3.91. The predicted octanol–water partition coefficient (Wildman–Crippen LogP) is 4.88. The predicted molar refractivity (Wildman–Crippen MR) is 93.4 cm³/mol. The van der Waals surface area contributed by atoms with Gasteiger partial charge in [-0.1, -0.05) is 11.6 Å². The van der Waals surface area contributed by atoms with Crippen molar-refractivity contribution in [2.45, 2.75) is 6.18 Å². The summed E-state index contributed by atoms with van der Waals surface area (Å²) in [6.07, 6.45) is -4.45. The number of hydrogen-bond donors (Lipinski definition) is 1. The van der Waals surface area contributed by atoms with Crippen molar-refractivity contribution in [2.75, 3.05) is 12.4 Å². The summed E-state index contributed by atoms with van der Waals surface area (Å²) in [6.45, 7) is 0. The monoisotopic (exact) mass is 416 g/mol. The number of benzene rings is 1. The lowest BCUT2D eigenvalue weighted by molar-refractivity contribution is -0.137. The van der Waals surface area contributed by atoms with Crippen molar-refractivity contribution in [1.82, 2.24) is 15.0 Å². The first-order valence-corrected chi connectivity index (χ1v) is 8.01. The molecule has 0 spiro atoms. The fraction of sp³-hybridized carbons (Fsp3) is 0.125. The Morgan fingerprint density at radius 2 is 1.74 bits per heavy atom. The maximum Gasteiger partial charge on any atom is 0.416 e. The molecule has 3 aromatic rings. The van der Waals surface area contributed by atoms with Crippen LogP contribution in [0.3, 0.4) is 0 Å². The van der Waals surface area contributed by atoms with Crippen LogP contribution in [0.2, 0.25) is 10.3 Å². The van der Waals surface area contributed by atoms with Gasteiger partial charge in [-0.25, -0.2) is 14.8 Å². The van der Waals surface area contributed by atoms with Crippen LogP contribution in [-0.2, 0) is 10.9 Å². The van der Waals surface area contributed by atoms with Gasteiger partial charge in [-0.15, -0.1) is 0 Å². The minimum Gasteiger partial charge on any atom is -0.464 e. The number of halogens is 5. The van der Waals surface area contributed by atoms with E-state index in [2.05, 4.69) is 25.0 Å². The third-order valence-electron chi connectivity index (χ3n) is 3.45. The molecule has 140 valence electrons. The molecule has 27 heavy (non-hydrogen) atoms. The molecule has 0 aliphatic heterocycles. The number of alkyl halides is 3. The van der Waals surface area contributed by atoms with Gasteiger partial charge in [-0.2, -0.15) is 18.2 Å². The van der Waals surface area contributed by atoms with Gasteiger partial charge < -0.3 is 10.1 Å². The average Bonchev–Trinajstić information content (AvgIpc) is 2.61. The molecule has 11 heteroatoms. The number of esters is 1. The van der Waals surface area contributed by atoms with Gasteiger partial charge in [0.1, 0.15) is 11.0 Å². The zero-order chi connectivity index (χ0) is 19.8. The van der Waals surface area contributed by atoms with Crippen LogP contribution >= 0.6 is 23.2 Å². The Labute approximate surface area is 160 Å². The van der Waals surface area contributed by atoms with Crippen LogP contribution in [0.1, 0.15) is 16.1 Å². The van der Waals surface area contributed by atoms with Crippen molar-refractivity contribution >= 4 is 51.7 Å². The number of carbonyl (C=O) groups excluding carboxylic acids is 1. The van der Waals surface area contributed by atoms with Gasteiger partial charge in [-0.05, 0) is 41.9 Å². The number of anilines is 2. The lowest BCUT2D eigenvalue weighted by atomic mass is 10.2. The van der Waals surface area contributed by atoms with Gasteiger partial charge in [0.05, 0.1) is 17.7 Å². The van der Waals surface area contributed by atoms with Gasteiger partial charge in [0.15, 0.2) is 11.5 Å². The van der Waals surface area contributed by atoms with Crippen LogP contribution in [0.4, 0.5) is 24.7 Å². The van der Waals surface area contributed by atoms with Crippen molar-refractivity contribution in [1.29, 1.82) is 0 Å². The van der Waals surface area contributed by atoms with Crippen LogP contribution in [-0.4, -0.2) is 28.0 Å². The van der Waals surface area contributed by atoms with E-state index in [4.69, 9.17) is 23.2 Å². The summed E-state index contributed by atoms with van der Waals surface area (Å²) in [5.41, 5.74) is -0.324. The van der Waals surface area contributed by atoms with Crippen molar-refractivity contribution in [2.24, 2.45) is 0 Å². The number of nitrogens with zero attached hydrogens (tertiary/aromatic N) is 3. The highest BCUT2D eigenvalue weighted by atomic mass is 35.5. The molecule has 2 aromatic heterocycles. The fourth-order valence-corrected chi connectivity index (χ4v) is 2.62. The summed E-state index contributed by atoms with van der Waals surface area (Å²) >= 11 is 12.0. The summed E-state index contributed by atoms with van der Waals surface area (Å²) in [5, 5.41) is 2.72. The molecule has 0 saturated carbocycles. The van der Waals surface area contributed by atoms with Crippen LogP contribution in [0.15, 0.2) is 30.3 Å². The molecule has 0 aliphatic carbocycles. The number of carbonyl (C=O) groups is 1. The maximum atomic E-state index is 12.7. The molecular weight excluding hydrogens is 408 g/mol. The largest absolute Gasteiger partial charge is 0.464 e. The molecular formula is C16H9Cl2F3N4O2. The SMILES string of the molecule is COC(=O)c1cc(Cl)c2nc(Cl)nc(Nc3ccc(C(F)(F)F)cc3)c2n1. The highest BCUT2D eigenvalue weighted by molar-refractivity contribution is 6.36. The van der Waals surface area contributed by atoms with Gasteiger partial charge in [0, 0.05) is 5.69 Å². The Bertz CT molecular complexity index is 1030. The molecule has 0 radical (unpaired) electrons. The lowest BCUT2D eigenvalue weighted by Gasteiger charge is -2.11. The number of ether oxygens (including phenoxy) is 1. The van der Waals surface area contributed by atoms with E-state index >= 15 is 0 Å². The molecule has 0 bridgehead atoms. The van der Waals surface area contributed by atoms with Crippen molar-refractivity contribution < 1.29 is 22.7 Å². The summed E-state index contributed by atoms with van der Waals surface area (Å²) < 4.78 is 42.6. The molecule has 2 heterocycles. The second kappa shape index (κ2) is 7.16. The normalized spacial score (nSPS) is 11.5. The molecule has 1 aromatic carbocycles. The van der Waals surface area contributed by atoms with E-state index in [1.165, 1.54) is 25.3 Å². The number of hydrogen-bond acceptors (Lipinski definition) is 6. The Kier molecular flexibility index (Phi) is 5.07. The smallest absolute Gasteiger partial charge is 0.416 e. The molecule has 0 aliphatic rings. The Morgan fingerprint density at radius 3 is 2.33 bits per heavy atom. The number of methoxy groups -OCH3 is 1. The van der Waals surface area contributed by atoms with E-state index in [9.17, 15) is 18.0 Å². The topological polar surface area (TPSA) is 77.0 Å². The molecule has 0 unspecified atom stereocenters. The van der Waals surface area contributed by atoms with Gasteiger partial charge in [-0.3, -0.25) is 0 Å². The summed E-state index contributed by atoms with van der Waals surface area (Å²) in [6, 6.07) is 5.52. The third kappa shape index (κ3) is 4.04. The zero-order valence-corrected chi connectivity index (χ0v) is 14.9.